The Morgan fingerprint density at radius 2 is 0.475 bits per heavy atom. The molecule has 6 aliphatic rings. The molecule has 118 heavy (non-hydrogen) atoms. The topological polar surface area (TPSA) is 50.3 Å². The Hall–Kier alpha value is -14.2. The monoisotopic (exact) mass is 1520 g/mol. The zero-order valence-corrected chi connectivity index (χ0v) is 64.9. The van der Waals surface area contributed by atoms with Crippen LogP contribution in [0.1, 0.15) is 89.0 Å². The first-order valence-electron chi connectivity index (χ1n) is 40.8. The van der Waals surface area contributed by atoms with E-state index in [-0.39, 0.29) is 0 Å². The van der Waals surface area contributed by atoms with E-state index in [0.29, 0.717) is 5.46 Å². The summed E-state index contributed by atoms with van der Waals surface area (Å²) in [6, 6.07) is 155. The third-order valence-electron chi connectivity index (χ3n) is 26.9. The van der Waals surface area contributed by atoms with Crippen LogP contribution in [0.15, 0.2) is 425 Å². The summed E-state index contributed by atoms with van der Waals surface area (Å²) in [6.07, 6.45) is 0. The second-order valence-corrected chi connectivity index (χ2v) is 32.5. The zero-order valence-electron chi connectivity index (χ0n) is 64.2. The van der Waals surface area contributed by atoms with Crippen LogP contribution in [0.5, 0.6) is 0 Å². The molecule has 2 N–H and O–H groups in total. The molecule has 0 fully saturated rings. The van der Waals surface area contributed by atoms with Gasteiger partial charge in [-0.05, 0) is 211 Å². The summed E-state index contributed by atoms with van der Waals surface area (Å²) >= 11 is 7.43. The number of hydrogen-bond acceptors (Lipinski definition) is 2. The van der Waals surface area contributed by atoms with Crippen LogP contribution in [0.25, 0.3) is 111 Å². The lowest BCUT2D eigenvalue weighted by Gasteiger charge is -2.49. The molecule has 4 nitrogen and oxygen atoms in total. The molecule has 4 spiro atoms. The minimum absolute atomic E-state index is 0.457. The first-order valence-corrected chi connectivity index (χ1v) is 41.2. The maximum Gasteiger partial charge on any atom is 0.488 e. The van der Waals surface area contributed by atoms with Crippen LogP contribution < -0.4 is 5.46 Å². The van der Waals surface area contributed by atoms with E-state index in [1.54, 1.807) is 6.07 Å². The Balaban J connectivity index is 0.000000112. The number of para-hydroxylation sites is 4. The van der Waals surface area contributed by atoms with Gasteiger partial charge in [0, 0.05) is 37.9 Å². The quantitative estimate of drug-likeness (QED) is 0.173. The Kier molecular flexibility index (Phi) is 15.0. The molecule has 18 aromatic carbocycles. The maximum atomic E-state index is 9.43. The van der Waals surface area contributed by atoms with Crippen molar-refractivity contribution < 1.29 is 10.0 Å². The number of nitrogens with zero attached hydrogens (tertiary/aromatic N) is 2. The van der Waals surface area contributed by atoms with Gasteiger partial charge in [-0.15, -0.1) is 0 Å². The van der Waals surface area contributed by atoms with Gasteiger partial charge in [0.1, 0.15) is 0 Å². The highest BCUT2D eigenvalue weighted by Crippen LogP contribution is 2.71. The lowest BCUT2D eigenvalue weighted by Crippen LogP contribution is -2.44. The second-order valence-electron chi connectivity index (χ2n) is 32.1. The summed E-state index contributed by atoms with van der Waals surface area (Å²) in [7, 11) is -1.46. The molecule has 0 bridgehead atoms. The molecule has 0 unspecified atom stereocenters. The molecule has 0 saturated carbocycles. The summed E-state index contributed by atoms with van der Waals surface area (Å²) in [5.74, 6) is 0. The highest BCUT2D eigenvalue weighted by molar-refractivity contribution is 6.59. The largest absolute Gasteiger partial charge is 0.488 e. The average Bonchev–Trinajstić information content (AvgIpc) is 1.51. The van der Waals surface area contributed by atoms with Crippen LogP contribution in [0.3, 0.4) is 0 Å². The molecule has 0 saturated heterocycles. The second kappa shape index (κ2) is 25.9. The molecular weight excluding hydrogens is 1450 g/mol. The van der Waals surface area contributed by atoms with Crippen LogP contribution in [0.2, 0.25) is 5.02 Å². The fraction of sp³-hybridized carbons (Fsp3) is 0.0357. The molecule has 6 aliphatic carbocycles. The van der Waals surface area contributed by atoms with Gasteiger partial charge in [0.25, 0.3) is 0 Å². The van der Waals surface area contributed by atoms with Crippen LogP contribution >= 0.6 is 11.6 Å². The molecule has 6 heteroatoms. The zero-order chi connectivity index (χ0) is 78.2. The molecule has 26 rings (SSSR count). The number of rotatable bonds is 4. The summed E-state index contributed by atoms with van der Waals surface area (Å²) in [6.45, 7) is 0. The lowest BCUT2D eigenvalue weighted by molar-refractivity contribution is 0.426. The van der Waals surface area contributed by atoms with Crippen molar-refractivity contribution in [3.63, 3.8) is 0 Å². The number of aromatic nitrogens is 2. The Morgan fingerprint density at radius 1 is 0.203 bits per heavy atom. The fourth-order valence-electron chi connectivity index (χ4n) is 22.8. The standard InChI is InChI=1S/C56H35N.C38H23Cl.C18H14BNO2/c1-2-17-37(18-3-1)57-52-32-15-8-23-43(52)44-35-36(33-34-53(44)57)38-24-16-31-51-54(38)56(47-27-11-6-21-41(47)42-22-7-12-28-48(42)56)50-30-14-13-29-49(50)55(51)45-25-9-4-19-39(45)40-20-5-10-26-46(40)55;39-35-23-11-22-34-36(35)38(30-18-7-3-14-26(30)27-15-4-8-19-31(27)38)33-21-10-9-20-32(33)37(34)28-16-5-1-12-24(28)25-13-2-6-17-29(25)37;21-19(22)13-10-11-18-16(12-13)15-8-4-5-9-17(15)20(18)14-6-2-1-3-7-14/h1-35H;1-23H;1-12,21-22H. The highest BCUT2D eigenvalue weighted by atomic mass is 35.5. The summed E-state index contributed by atoms with van der Waals surface area (Å²) in [5.41, 5.74) is 39.5. The molecule has 2 heterocycles. The summed E-state index contributed by atoms with van der Waals surface area (Å²) in [5, 5.41) is 24.3. The molecule has 20 aromatic rings. The number of benzene rings is 18. The molecule has 0 aliphatic heterocycles. The van der Waals surface area contributed by atoms with E-state index in [1.165, 1.54) is 172 Å². The minimum Gasteiger partial charge on any atom is -0.423 e. The Labute approximate surface area is 689 Å². The van der Waals surface area contributed by atoms with Gasteiger partial charge in [-0.2, -0.15) is 0 Å². The number of fused-ring (bicyclic) bond motifs is 38. The third kappa shape index (κ3) is 8.97. The van der Waals surface area contributed by atoms with Crippen LogP contribution in [0, 0.1) is 0 Å². The summed E-state index contributed by atoms with van der Waals surface area (Å²) < 4.78 is 4.61. The first kappa shape index (κ1) is 68.3. The van der Waals surface area contributed by atoms with Gasteiger partial charge in [0.05, 0.1) is 43.7 Å². The Morgan fingerprint density at radius 3 is 0.864 bits per heavy atom. The molecule has 2 aromatic heterocycles. The van der Waals surface area contributed by atoms with Gasteiger partial charge < -0.3 is 19.2 Å². The van der Waals surface area contributed by atoms with E-state index in [9.17, 15) is 10.0 Å². The van der Waals surface area contributed by atoms with Crippen molar-refractivity contribution in [3.8, 4) is 67.0 Å². The normalized spacial score (nSPS) is 14.3. The van der Waals surface area contributed by atoms with Crippen LogP contribution in [-0.4, -0.2) is 26.3 Å². The van der Waals surface area contributed by atoms with Crippen molar-refractivity contribution in [1.29, 1.82) is 0 Å². The highest BCUT2D eigenvalue weighted by Gasteiger charge is 2.62. The number of halogens is 1. The summed E-state index contributed by atoms with van der Waals surface area (Å²) in [4.78, 5) is 0. The van der Waals surface area contributed by atoms with Crippen molar-refractivity contribution in [2.45, 2.75) is 21.7 Å². The molecule has 0 amide bonds. The van der Waals surface area contributed by atoms with Gasteiger partial charge in [0.15, 0.2) is 0 Å². The van der Waals surface area contributed by atoms with Gasteiger partial charge in [-0.1, -0.05) is 376 Å². The molecule has 552 valence electrons. The van der Waals surface area contributed by atoms with Gasteiger partial charge in [-0.3, -0.25) is 0 Å². The van der Waals surface area contributed by atoms with E-state index in [1.807, 2.05) is 42.5 Å². The predicted octanol–water partition coefficient (Wildman–Crippen LogP) is 25.3. The lowest BCUT2D eigenvalue weighted by atomic mass is 9.51. The third-order valence-corrected chi connectivity index (χ3v) is 27.2. The average molecular weight is 1520 g/mol. The maximum absolute atomic E-state index is 9.43. The smallest absolute Gasteiger partial charge is 0.423 e. The minimum atomic E-state index is -1.46. The van der Waals surface area contributed by atoms with Crippen molar-refractivity contribution >= 4 is 67.8 Å². The van der Waals surface area contributed by atoms with Crippen molar-refractivity contribution in [3.05, 3.63) is 519 Å². The Bertz CT molecular complexity index is 7410. The molecular formula is C112H72BClN2O2. The predicted molar refractivity (Wildman–Crippen MR) is 485 cm³/mol. The van der Waals surface area contributed by atoms with E-state index in [0.717, 1.165) is 32.5 Å². The first-order chi connectivity index (χ1) is 58.3. The number of hydrogen-bond donors (Lipinski definition) is 2. The van der Waals surface area contributed by atoms with E-state index in [2.05, 4.69) is 385 Å². The van der Waals surface area contributed by atoms with E-state index in [4.69, 9.17) is 11.6 Å². The van der Waals surface area contributed by atoms with Crippen molar-refractivity contribution in [2.75, 3.05) is 0 Å². The SMILES string of the molecule is Clc1cccc2c1C1(c3ccccc3-c3ccccc31)c1ccccc1C21c2ccccc2-c2ccccc21.OB(O)c1ccc2c(c1)c1ccccc1n2-c1ccccc1.c1ccc(-n2c3ccccc3c3cc(-c4cccc5c4C4(c6ccccc6-c6ccccc64)c4ccccc4C54c5ccccc5-c5ccccc54)ccc32)cc1. The van der Waals surface area contributed by atoms with E-state index < -0.39 is 28.8 Å². The fourth-order valence-corrected chi connectivity index (χ4v) is 23.1. The van der Waals surface area contributed by atoms with Crippen LogP contribution in [0.4, 0.5) is 0 Å². The molecule has 0 radical (unpaired) electrons. The van der Waals surface area contributed by atoms with Gasteiger partial charge in [-0.25, -0.2) is 0 Å². The van der Waals surface area contributed by atoms with Crippen molar-refractivity contribution in [2.24, 2.45) is 0 Å². The van der Waals surface area contributed by atoms with Gasteiger partial charge >= 0.3 is 7.12 Å². The van der Waals surface area contributed by atoms with E-state index >= 15 is 0 Å². The van der Waals surface area contributed by atoms with Gasteiger partial charge in [0.2, 0.25) is 0 Å². The van der Waals surface area contributed by atoms with Crippen LogP contribution in [-0.2, 0) is 21.7 Å². The molecule has 0 atom stereocenters. The van der Waals surface area contributed by atoms with Crippen molar-refractivity contribution in [1.82, 2.24) is 9.13 Å².